The maximum atomic E-state index is 11.1. The summed E-state index contributed by atoms with van der Waals surface area (Å²) in [5.41, 5.74) is -0.819. The van der Waals surface area contributed by atoms with Crippen LogP contribution in [-0.4, -0.2) is 15.6 Å². The molecule has 1 aromatic carbocycles. The highest BCUT2D eigenvalue weighted by Crippen LogP contribution is 1.56. The van der Waals surface area contributed by atoms with Gasteiger partial charge in [-0.25, -0.2) is 0 Å². The molecule has 0 aliphatic rings. The molecule has 7 heteroatoms. The van der Waals surface area contributed by atoms with E-state index in [-0.39, 0.29) is 10.7 Å². The predicted molar refractivity (Wildman–Crippen MR) is 37.1 cm³/mol. The van der Waals surface area contributed by atoms with Crippen molar-refractivity contribution in [3.05, 3.63) is 38.4 Å². The lowest BCUT2D eigenvalue weighted by atomic mass is 10.3. The standard InChI is InChI=1S/C6H5N3O4/c10-6-4(8-12)2-1-3(7-11)5(6)9-13/h1-2,11-13H. The SMILES string of the molecule is O=c1c(=NO)ccc(=NO)c1=NO. The third kappa shape index (κ3) is 1.39. The summed E-state index contributed by atoms with van der Waals surface area (Å²) >= 11 is 0. The van der Waals surface area contributed by atoms with Gasteiger partial charge in [0.25, 0.3) is 0 Å². The summed E-state index contributed by atoms with van der Waals surface area (Å²) in [6.45, 7) is 0. The normalized spacial score (nSPS) is 15.2. The van der Waals surface area contributed by atoms with E-state index in [1.807, 2.05) is 0 Å². The first-order valence-corrected chi connectivity index (χ1v) is 3.14. The van der Waals surface area contributed by atoms with Gasteiger partial charge in [0, 0.05) is 0 Å². The zero-order chi connectivity index (χ0) is 9.84. The Morgan fingerprint density at radius 1 is 0.923 bits per heavy atom. The van der Waals surface area contributed by atoms with E-state index in [1.54, 1.807) is 0 Å². The van der Waals surface area contributed by atoms with Gasteiger partial charge in [0.2, 0.25) is 5.43 Å². The molecule has 0 saturated heterocycles. The summed E-state index contributed by atoms with van der Waals surface area (Å²) in [5, 5.41) is 32.1. The van der Waals surface area contributed by atoms with Gasteiger partial charge in [0.1, 0.15) is 5.36 Å². The predicted octanol–water partition coefficient (Wildman–Crippen LogP) is -2.21. The Labute approximate surface area is 70.5 Å². The molecule has 0 amide bonds. The fourth-order valence-corrected chi connectivity index (χ4v) is 0.806. The van der Waals surface area contributed by atoms with Gasteiger partial charge in [-0.15, -0.1) is 0 Å². The van der Waals surface area contributed by atoms with Crippen LogP contribution in [0.1, 0.15) is 0 Å². The van der Waals surface area contributed by atoms with Crippen molar-refractivity contribution in [2.45, 2.75) is 0 Å². The van der Waals surface area contributed by atoms with Gasteiger partial charge in [0.05, 0.1) is 0 Å². The first kappa shape index (κ1) is 8.91. The second kappa shape index (κ2) is 3.48. The van der Waals surface area contributed by atoms with Crippen LogP contribution in [-0.2, 0) is 0 Å². The smallest absolute Gasteiger partial charge is 0.238 e. The highest BCUT2D eigenvalue weighted by molar-refractivity contribution is 5.00. The molecule has 7 nitrogen and oxygen atoms in total. The van der Waals surface area contributed by atoms with E-state index in [4.69, 9.17) is 15.6 Å². The molecule has 1 aromatic rings. The largest absolute Gasteiger partial charge is 0.410 e. The summed E-state index contributed by atoms with van der Waals surface area (Å²) in [6, 6.07) is 2.30. The zero-order valence-corrected chi connectivity index (χ0v) is 6.25. The van der Waals surface area contributed by atoms with Crippen LogP contribution in [0.2, 0.25) is 0 Å². The van der Waals surface area contributed by atoms with Gasteiger partial charge < -0.3 is 15.6 Å². The first-order chi connectivity index (χ1) is 6.24. The summed E-state index contributed by atoms with van der Waals surface area (Å²) in [7, 11) is 0. The monoisotopic (exact) mass is 183 g/mol. The van der Waals surface area contributed by atoms with Crippen molar-refractivity contribution >= 4 is 0 Å². The number of rotatable bonds is 0. The van der Waals surface area contributed by atoms with E-state index in [2.05, 4.69) is 15.5 Å². The average molecular weight is 183 g/mol. The topological polar surface area (TPSA) is 115 Å². The molecule has 0 bridgehead atoms. The Kier molecular flexibility index (Phi) is 2.38. The number of hydrogen-bond acceptors (Lipinski definition) is 7. The molecule has 0 aromatic heterocycles. The van der Waals surface area contributed by atoms with Crippen LogP contribution in [0.3, 0.4) is 0 Å². The van der Waals surface area contributed by atoms with Crippen molar-refractivity contribution in [2.24, 2.45) is 15.5 Å². The lowest BCUT2D eigenvalue weighted by Crippen LogP contribution is -2.47. The zero-order valence-electron chi connectivity index (χ0n) is 6.25. The van der Waals surface area contributed by atoms with Crippen LogP contribution >= 0.6 is 0 Å². The molecule has 0 spiro atoms. The van der Waals surface area contributed by atoms with Crippen LogP contribution in [0.5, 0.6) is 0 Å². The van der Waals surface area contributed by atoms with Crippen molar-refractivity contribution in [2.75, 3.05) is 0 Å². The molecule has 0 radical (unpaired) electrons. The molecule has 0 atom stereocenters. The fourth-order valence-electron chi connectivity index (χ4n) is 0.806. The van der Waals surface area contributed by atoms with Crippen LogP contribution < -0.4 is 21.5 Å². The quantitative estimate of drug-likeness (QED) is 0.312. The number of hydrogen-bond donors (Lipinski definition) is 3. The van der Waals surface area contributed by atoms with Gasteiger partial charge >= 0.3 is 0 Å². The lowest BCUT2D eigenvalue weighted by molar-refractivity contribution is 0.284. The number of benzene rings is 1. The Bertz CT molecular complexity index is 524. The molecule has 0 fully saturated rings. The van der Waals surface area contributed by atoms with Crippen LogP contribution in [0, 0.1) is 0 Å². The molecule has 0 aliphatic heterocycles. The molecule has 0 aliphatic carbocycles. The van der Waals surface area contributed by atoms with E-state index in [0.29, 0.717) is 0 Å². The van der Waals surface area contributed by atoms with Gasteiger partial charge in [0.15, 0.2) is 10.7 Å². The van der Waals surface area contributed by atoms with Crippen molar-refractivity contribution in [1.82, 2.24) is 0 Å². The van der Waals surface area contributed by atoms with E-state index in [0.717, 1.165) is 6.07 Å². The first-order valence-electron chi connectivity index (χ1n) is 3.14. The fraction of sp³-hybridized carbons (Fsp3) is 0. The summed E-state index contributed by atoms with van der Waals surface area (Å²) in [6.07, 6.45) is 0. The van der Waals surface area contributed by atoms with E-state index in [9.17, 15) is 4.79 Å². The van der Waals surface area contributed by atoms with E-state index >= 15 is 0 Å². The second-order valence-electron chi connectivity index (χ2n) is 2.08. The van der Waals surface area contributed by atoms with Gasteiger partial charge in [-0.2, -0.15) is 0 Å². The van der Waals surface area contributed by atoms with Crippen LogP contribution in [0.4, 0.5) is 0 Å². The number of nitrogens with zero attached hydrogens (tertiary/aromatic N) is 3. The minimum Gasteiger partial charge on any atom is -0.410 e. The van der Waals surface area contributed by atoms with Gasteiger partial charge in [-0.3, -0.25) is 4.79 Å². The van der Waals surface area contributed by atoms with Crippen molar-refractivity contribution < 1.29 is 15.6 Å². The highest BCUT2D eigenvalue weighted by Gasteiger charge is 1.98. The molecule has 0 unspecified atom stereocenters. The molecule has 0 heterocycles. The molecule has 0 saturated carbocycles. The summed E-state index contributed by atoms with van der Waals surface area (Å²) in [5.74, 6) is 0. The minimum atomic E-state index is -0.819. The highest BCUT2D eigenvalue weighted by atomic mass is 16.4. The van der Waals surface area contributed by atoms with Crippen molar-refractivity contribution in [3.8, 4) is 0 Å². The third-order valence-electron chi connectivity index (χ3n) is 1.40. The minimum absolute atomic E-state index is 0.195. The Balaban J connectivity index is 3.96. The molecule has 13 heavy (non-hydrogen) atoms. The molecule has 1 rings (SSSR count). The second-order valence-corrected chi connectivity index (χ2v) is 2.08. The van der Waals surface area contributed by atoms with Gasteiger partial charge in [-0.1, -0.05) is 15.5 Å². The van der Waals surface area contributed by atoms with E-state index < -0.39 is 10.8 Å². The summed E-state index contributed by atoms with van der Waals surface area (Å²) < 4.78 is 0. The lowest BCUT2D eigenvalue weighted by Gasteiger charge is -1.83. The average Bonchev–Trinajstić information content (AvgIpc) is 2.17. The Hall–Kier alpha value is -2.18. The van der Waals surface area contributed by atoms with Gasteiger partial charge in [-0.05, 0) is 12.1 Å². The molecular formula is C6H5N3O4. The summed E-state index contributed by atoms with van der Waals surface area (Å²) in [4.78, 5) is 11.1. The maximum absolute atomic E-state index is 11.1. The maximum Gasteiger partial charge on any atom is 0.238 e. The molecular weight excluding hydrogens is 178 g/mol. The Morgan fingerprint density at radius 2 is 1.46 bits per heavy atom. The molecule has 3 N–H and O–H groups in total. The van der Waals surface area contributed by atoms with Crippen LogP contribution in [0.15, 0.2) is 32.4 Å². The van der Waals surface area contributed by atoms with Crippen LogP contribution in [0.25, 0.3) is 0 Å². The molecule has 68 valence electrons. The third-order valence-corrected chi connectivity index (χ3v) is 1.40. The Morgan fingerprint density at radius 3 is 1.92 bits per heavy atom. The van der Waals surface area contributed by atoms with Crippen molar-refractivity contribution in [1.29, 1.82) is 0 Å². The van der Waals surface area contributed by atoms with Crippen molar-refractivity contribution in [3.63, 3.8) is 0 Å². The van der Waals surface area contributed by atoms with E-state index in [1.165, 1.54) is 6.07 Å².